The lowest BCUT2D eigenvalue weighted by Crippen LogP contribution is -2.33. The summed E-state index contributed by atoms with van der Waals surface area (Å²) in [6, 6.07) is 0. The molecule has 0 aromatic carbocycles. The van der Waals surface area contributed by atoms with E-state index < -0.39 is 0 Å². The normalized spacial score (nSPS) is 30.8. The molecule has 0 heterocycles. The molecule has 0 saturated heterocycles. The Morgan fingerprint density at radius 1 is 1.18 bits per heavy atom. The first-order chi connectivity index (χ1) is 8.29. The third kappa shape index (κ3) is 3.70. The van der Waals surface area contributed by atoms with E-state index in [9.17, 15) is 4.79 Å². The number of amides is 1. The largest absolute Gasteiger partial charge is 0.355 e. The van der Waals surface area contributed by atoms with Crippen LogP contribution >= 0.6 is 0 Å². The van der Waals surface area contributed by atoms with E-state index in [-0.39, 0.29) is 5.91 Å². The van der Waals surface area contributed by atoms with Crippen LogP contribution in [0.3, 0.4) is 0 Å². The van der Waals surface area contributed by atoms with E-state index in [1.807, 2.05) is 0 Å². The SMILES string of the molecule is CCCNCCNC(=O)CC1CC2CCC1C2. The van der Waals surface area contributed by atoms with Crippen LogP contribution in [-0.2, 0) is 4.79 Å². The maximum absolute atomic E-state index is 11.8. The summed E-state index contributed by atoms with van der Waals surface area (Å²) in [6.45, 7) is 4.87. The smallest absolute Gasteiger partial charge is 0.220 e. The molecule has 2 bridgehead atoms. The van der Waals surface area contributed by atoms with E-state index in [1.165, 1.54) is 25.7 Å². The number of carbonyl (C=O) groups excluding carboxylic acids is 1. The summed E-state index contributed by atoms with van der Waals surface area (Å²) in [7, 11) is 0. The average molecular weight is 238 g/mol. The van der Waals surface area contributed by atoms with Crippen molar-refractivity contribution in [1.82, 2.24) is 10.6 Å². The molecule has 0 aliphatic heterocycles. The van der Waals surface area contributed by atoms with Gasteiger partial charge in [0.25, 0.3) is 0 Å². The lowest BCUT2D eigenvalue weighted by Gasteiger charge is -2.20. The highest BCUT2D eigenvalue weighted by Gasteiger charge is 2.39. The van der Waals surface area contributed by atoms with E-state index in [0.717, 1.165) is 44.3 Å². The molecular weight excluding hydrogens is 212 g/mol. The molecule has 2 N–H and O–H groups in total. The predicted octanol–water partition coefficient (Wildman–Crippen LogP) is 1.93. The highest BCUT2D eigenvalue weighted by Crippen LogP contribution is 2.49. The van der Waals surface area contributed by atoms with Crippen molar-refractivity contribution in [2.45, 2.75) is 45.4 Å². The molecule has 2 aliphatic rings. The molecular formula is C14H26N2O. The summed E-state index contributed by atoms with van der Waals surface area (Å²) >= 11 is 0. The van der Waals surface area contributed by atoms with E-state index in [1.54, 1.807) is 0 Å². The van der Waals surface area contributed by atoms with Crippen LogP contribution in [0.5, 0.6) is 0 Å². The van der Waals surface area contributed by atoms with Crippen molar-refractivity contribution in [3.8, 4) is 0 Å². The fraction of sp³-hybridized carbons (Fsp3) is 0.929. The summed E-state index contributed by atoms with van der Waals surface area (Å²) < 4.78 is 0. The second kappa shape index (κ2) is 6.39. The second-order valence-corrected chi connectivity index (χ2v) is 5.74. The Morgan fingerprint density at radius 3 is 2.71 bits per heavy atom. The molecule has 0 spiro atoms. The van der Waals surface area contributed by atoms with Crippen LogP contribution in [0.1, 0.15) is 45.4 Å². The van der Waals surface area contributed by atoms with E-state index in [0.29, 0.717) is 5.92 Å². The zero-order valence-corrected chi connectivity index (χ0v) is 11.0. The molecule has 17 heavy (non-hydrogen) atoms. The van der Waals surface area contributed by atoms with Crippen molar-refractivity contribution in [2.75, 3.05) is 19.6 Å². The van der Waals surface area contributed by atoms with Crippen molar-refractivity contribution in [3.05, 3.63) is 0 Å². The standard InChI is InChI=1S/C14H26N2O/c1-2-5-15-6-7-16-14(17)10-13-9-11-3-4-12(13)8-11/h11-13,15H,2-10H2,1H3,(H,16,17). The third-order valence-electron chi connectivity index (χ3n) is 4.38. The van der Waals surface area contributed by atoms with Gasteiger partial charge in [-0.25, -0.2) is 0 Å². The highest BCUT2D eigenvalue weighted by molar-refractivity contribution is 5.76. The lowest BCUT2D eigenvalue weighted by molar-refractivity contribution is -0.122. The molecule has 3 nitrogen and oxygen atoms in total. The molecule has 3 unspecified atom stereocenters. The van der Waals surface area contributed by atoms with Gasteiger partial charge in [0.05, 0.1) is 0 Å². The molecule has 2 rings (SSSR count). The molecule has 3 atom stereocenters. The number of carbonyl (C=O) groups is 1. The Morgan fingerprint density at radius 2 is 2.06 bits per heavy atom. The first-order valence-corrected chi connectivity index (χ1v) is 7.27. The molecule has 98 valence electrons. The van der Waals surface area contributed by atoms with Gasteiger partial charge < -0.3 is 10.6 Å². The van der Waals surface area contributed by atoms with Crippen LogP contribution in [-0.4, -0.2) is 25.5 Å². The lowest BCUT2D eigenvalue weighted by atomic mass is 9.86. The Bertz CT molecular complexity index is 255. The van der Waals surface area contributed by atoms with Crippen molar-refractivity contribution < 1.29 is 4.79 Å². The molecule has 0 aromatic rings. The average Bonchev–Trinajstić information content (AvgIpc) is 2.90. The summed E-state index contributed by atoms with van der Waals surface area (Å²) in [5.41, 5.74) is 0. The van der Waals surface area contributed by atoms with E-state index in [2.05, 4.69) is 17.6 Å². The van der Waals surface area contributed by atoms with Crippen molar-refractivity contribution in [2.24, 2.45) is 17.8 Å². The molecule has 2 fully saturated rings. The van der Waals surface area contributed by atoms with Crippen molar-refractivity contribution in [3.63, 3.8) is 0 Å². The van der Waals surface area contributed by atoms with E-state index >= 15 is 0 Å². The van der Waals surface area contributed by atoms with Gasteiger partial charge in [0.2, 0.25) is 5.91 Å². The molecule has 2 aliphatic carbocycles. The fourth-order valence-electron chi connectivity index (χ4n) is 3.53. The number of nitrogens with one attached hydrogen (secondary N) is 2. The van der Waals surface area contributed by atoms with Gasteiger partial charge in [-0.3, -0.25) is 4.79 Å². The van der Waals surface area contributed by atoms with Gasteiger partial charge in [0.15, 0.2) is 0 Å². The van der Waals surface area contributed by atoms with Crippen LogP contribution in [0.2, 0.25) is 0 Å². The summed E-state index contributed by atoms with van der Waals surface area (Å²) in [5, 5.41) is 6.32. The van der Waals surface area contributed by atoms with Crippen LogP contribution in [0.4, 0.5) is 0 Å². The number of rotatable bonds is 7. The minimum atomic E-state index is 0.265. The summed E-state index contributed by atoms with van der Waals surface area (Å²) in [5.74, 6) is 2.77. The van der Waals surface area contributed by atoms with Crippen LogP contribution < -0.4 is 10.6 Å². The van der Waals surface area contributed by atoms with Crippen LogP contribution in [0.15, 0.2) is 0 Å². The van der Waals surface area contributed by atoms with Gasteiger partial charge >= 0.3 is 0 Å². The molecule has 3 heteroatoms. The minimum absolute atomic E-state index is 0.265. The fourth-order valence-corrected chi connectivity index (χ4v) is 3.53. The zero-order chi connectivity index (χ0) is 12.1. The monoisotopic (exact) mass is 238 g/mol. The topological polar surface area (TPSA) is 41.1 Å². The third-order valence-corrected chi connectivity index (χ3v) is 4.38. The highest BCUT2D eigenvalue weighted by atomic mass is 16.1. The van der Waals surface area contributed by atoms with E-state index in [4.69, 9.17) is 0 Å². The summed E-state index contributed by atoms with van der Waals surface area (Å²) in [6.07, 6.45) is 7.43. The van der Waals surface area contributed by atoms with Crippen LogP contribution in [0, 0.1) is 17.8 Å². The maximum Gasteiger partial charge on any atom is 0.220 e. The molecule has 2 saturated carbocycles. The predicted molar refractivity (Wildman–Crippen MR) is 69.7 cm³/mol. The van der Waals surface area contributed by atoms with Gasteiger partial charge in [-0.1, -0.05) is 13.3 Å². The Kier molecular flexibility index (Phi) is 4.84. The first kappa shape index (κ1) is 12.9. The Labute approximate surface area is 105 Å². The first-order valence-electron chi connectivity index (χ1n) is 7.27. The number of hydrogen-bond acceptors (Lipinski definition) is 2. The molecule has 1 amide bonds. The van der Waals surface area contributed by atoms with Gasteiger partial charge in [-0.05, 0) is 50.0 Å². The van der Waals surface area contributed by atoms with Crippen LogP contribution in [0.25, 0.3) is 0 Å². The molecule has 0 radical (unpaired) electrons. The molecule has 0 aromatic heterocycles. The number of fused-ring (bicyclic) bond motifs is 2. The summed E-state index contributed by atoms with van der Waals surface area (Å²) in [4.78, 5) is 11.8. The minimum Gasteiger partial charge on any atom is -0.355 e. The zero-order valence-electron chi connectivity index (χ0n) is 11.0. The van der Waals surface area contributed by atoms with Gasteiger partial charge in [-0.15, -0.1) is 0 Å². The van der Waals surface area contributed by atoms with Gasteiger partial charge in [0, 0.05) is 19.5 Å². The second-order valence-electron chi connectivity index (χ2n) is 5.74. The van der Waals surface area contributed by atoms with Gasteiger partial charge in [-0.2, -0.15) is 0 Å². The van der Waals surface area contributed by atoms with Crippen molar-refractivity contribution >= 4 is 5.91 Å². The maximum atomic E-state index is 11.8. The number of hydrogen-bond donors (Lipinski definition) is 2. The van der Waals surface area contributed by atoms with Crippen molar-refractivity contribution in [1.29, 1.82) is 0 Å². The van der Waals surface area contributed by atoms with Gasteiger partial charge in [0.1, 0.15) is 0 Å². The quantitative estimate of drug-likeness (QED) is 0.665. The Balaban J connectivity index is 1.55. The Hall–Kier alpha value is -0.570.